The van der Waals surface area contributed by atoms with Gasteiger partial charge in [-0.3, -0.25) is 9.88 Å². The van der Waals surface area contributed by atoms with Crippen molar-refractivity contribution >= 4 is 5.95 Å². The van der Waals surface area contributed by atoms with Crippen molar-refractivity contribution in [2.45, 2.75) is 31.2 Å². The van der Waals surface area contributed by atoms with E-state index >= 15 is 0 Å². The Kier molecular flexibility index (Phi) is 4.69. The van der Waals surface area contributed by atoms with Crippen molar-refractivity contribution < 1.29 is 22.6 Å². The van der Waals surface area contributed by atoms with E-state index in [1.54, 1.807) is 0 Å². The number of pyridine rings is 1. The third kappa shape index (κ3) is 3.53. The summed E-state index contributed by atoms with van der Waals surface area (Å²) >= 11 is 0. The number of alkyl halides is 3. The summed E-state index contributed by atoms with van der Waals surface area (Å²) in [5.41, 5.74) is -0.119. The van der Waals surface area contributed by atoms with Gasteiger partial charge in [0.1, 0.15) is 5.69 Å². The van der Waals surface area contributed by atoms with E-state index in [2.05, 4.69) is 29.7 Å². The molecule has 2 atom stereocenters. The van der Waals surface area contributed by atoms with Crippen LogP contribution in [0.2, 0.25) is 0 Å². The number of piperidine rings is 1. The fourth-order valence-corrected chi connectivity index (χ4v) is 3.72. The summed E-state index contributed by atoms with van der Waals surface area (Å²) in [6.07, 6.45) is -2.11. The van der Waals surface area contributed by atoms with Crippen LogP contribution in [-0.4, -0.2) is 64.2 Å². The van der Waals surface area contributed by atoms with E-state index in [-0.39, 0.29) is 24.1 Å². The summed E-state index contributed by atoms with van der Waals surface area (Å²) in [5, 5.41) is 0. The third-order valence-electron chi connectivity index (χ3n) is 4.97. The molecule has 2 unspecified atom stereocenters. The number of hydrogen-bond donors (Lipinski definition) is 0. The zero-order valence-corrected chi connectivity index (χ0v) is 15.3. The predicted molar refractivity (Wildman–Crippen MR) is 92.1 cm³/mol. The van der Waals surface area contributed by atoms with Gasteiger partial charge in [0.15, 0.2) is 0 Å². The second kappa shape index (κ2) is 7.04. The van der Waals surface area contributed by atoms with Gasteiger partial charge in [0, 0.05) is 37.9 Å². The van der Waals surface area contributed by atoms with Gasteiger partial charge in [0.2, 0.25) is 5.95 Å². The van der Waals surface area contributed by atoms with E-state index in [1.807, 2.05) is 0 Å². The van der Waals surface area contributed by atoms with Gasteiger partial charge >= 0.3 is 18.2 Å². The Morgan fingerprint density at radius 1 is 1.04 bits per heavy atom. The molecule has 0 saturated carbocycles. The van der Waals surface area contributed by atoms with Gasteiger partial charge in [-0.1, -0.05) is 6.07 Å². The quantitative estimate of drug-likeness (QED) is 0.757. The van der Waals surface area contributed by atoms with Crippen LogP contribution < -0.4 is 14.4 Å². The Bertz CT molecular complexity index is 814. The summed E-state index contributed by atoms with van der Waals surface area (Å²) in [4.78, 5) is 20.5. The molecule has 2 bridgehead atoms. The molecule has 2 aromatic rings. The molecule has 150 valence electrons. The van der Waals surface area contributed by atoms with Crippen molar-refractivity contribution in [1.29, 1.82) is 0 Å². The Morgan fingerprint density at radius 2 is 1.68 bits per heavy atom. The summed E-state index contributed by atoms with van der Waals surface area (Å²) in [7, 11) is 2.96. The summed E-state index contributed by atoms with van der Waals surface area (Å²) in [6, 6.07) is 3.33. The predicted octanol–water partition coefficient (Wildman–Crippen LogP) is 1.77. The number of halogens is 3. The molecule has 0 N–H and O–H groups in total. The van der Waals surface area contributed by atoms with Crippen LogP contribution in [-0.2, 0) is 12.7 Å². The van der Waals surface area contributed by atoms with Crippen LogP contribution in [0.1, 0.15) is 17.7 Å². The standard InChI is InChI=1S/C17H19F3N6O2/c1-27-15-22-14(23-16(24-15)28-2)26-11-5-12(26)9-25(8-11)7-10-3-4-13(21-6-10)17(18,19)20/h3-4,6,11-12H,5,7-9H2,1-2H3. The maximum Gasteiger partial charge on any atom is 0.433 e. The molecule has 3 saturated heterocycles. The normalized spacial score (nSPS) is 22.0. The van der Waals surface area contributed by atoms with Gasteiger partial charge in [-0.2, -0.15) is 23.1 Å². The third-order valence-corrected chi connectivity index (χ3v) is 4.97. The van der Waals surface area contributed by atoms with E-state index in [1.165, 1.54) is 26.5 Å². The fourth-order valence-electron chi connectivity index (χ4n) is 3.72. The molecule has 0 aromatic carbocycles. The maximum atomic E-state index is 12.6. The van der Waals surface area contributed by atoms with Crippen LogP contribution in [0.15, 0.2) is 18.3 Å². The number of nitrogens with zero attached hydrogens (tertiary/aromatic N) is 6. The molecule has 5 rings (SSSR count). The number of rotatable bonds is 5. The highest BCUT2D eigenvalue weighted by molar-refractivity contribution is 5.42. The second-order valence-corrected chi connectivity index (χ2v) is 6.80. The highest BCUT2D eigenvalue weighted by Crippen LogP contribution is 2.36. The van der Waals surface area contributed by atoms with Crippen LogP contribution in [0.4, 0.5) is 19.1 Å². The molecular formula is C17H19F3N6O2. The molecule has 3 aliphatic rings. The first-order chi connectivity index (χ1) is 13.4. The minimum absolute atomic E-state index is 0.194. The summed E-state index contributed by atoms with van der Waals surface area (Å²) < 4.78 is 48.1. The van der Waals surface area contributed by atoms with Gasteiger partial charge in [-0.25, -0.2) is 0 Å². The van der Waals surface area contributed by atoms with Crippen molar-refractivity contribution in [1.82, 2.24) is 24.8 Å². The Morgan fingerprint density at radius 3 is 2.18 bits per heavy atom. The number of fused-ring (bicyclic) bond motifs is 2. The average molecular weight is 396 g/mol. The van der Waals surface area contributed by atoms with Gasteiger partial charge in [0.25, 0.3) is 0 Å². The van der Waals surface area contributed by atoms with Gasteiger partial charge in [0.05, 0.1) is 14.2 Å². The Hall–Kier alpha value is -2.69. The molecule has 5 heterocycles. The van der Waals surface area contributed by atoms with E-state index in [4.69, 9.17) is 9.47 Å². The van der Waals surface area contributed by atoms with E-state index in [9.17, 15) is 13.2 Å². The van der Waals surface area contributed by atoms with Crippen LogP contribution in [0.5, 0.6) is 12.0 Å². The van der Waals surface area contributed by atoms with Crippen molar-refractivity contribution in [3.8, 4) is 12.0 Å². The van der Waals surface area contributed by atoms with Crippen molar-refractivity contribution in [3.63, 3.8) is 0 Å². The number of piperazine rings is 1. The summed E-state index contributed by atoms with van der Waals surface area (Å²) in [6.45, 7) is 2.07. The lowest BCUT2D eigenvalue weighted by molar-refractivity contribution is -0.141. The number of methoxy groups -OCH3 is 2. The molecule has 8 nitrogen and oxygen atoms in total. The summed E-state index contributed by atoms with van der Waals surface area (Å²) in [5.74, 6) is 0.515. The molecule has 3 aliphatic heterocycles. The smallest absolute Gasteiger partial charge is 0.433 e. The number of aromatic nitrogens is 4. The minimum atomic E-state index is -4.42. The second-order valence-electron chi connectivity index (χ2n) is 6.80. The van der Waals surface area contributed by atoms with Crippen molar-refractivity contribution in [2.24, 2.45) is 0 Å². The SMILES string of the molecule is COc1nc(OC)nc(N2C3CC2CN(Cc2ccc(C(F)(F)F)nc2)C3)n1. The Labute approximate surface area is 159 Å². The highest BCUT2D eigenvalue weighted by atomic mass is 19.4. The number of anilines is 1. The van der Waals surface area contributed by atoms with Gasteiger partial charge < -0.3 is 14.4 Å². The number of hydrogen-bond acceptors (Lipinski definition) is 8. The molecule has 11 heteroatoms. The molecule has 28 heavy (non-hydrogen) atoms. The molecular weight excluding hydrogens is 377 g/mol. The first kappa shape index (κ1) is 18.7. The van der Waals surface area contributed by atoms with E-state index in [0.29, 0.717) is 12.5 Å². The maximum absolute atomic E-state index is 12.6. The van der Waals surface area contributed by atoms with Gasteiger partial charge in [-0.05, 0) is 18.1 Å². The lowest BCUT2D eigenvalue weighted by Gasteiger charge is -2.56. The molecule has 0 radical (unpaired) electrons. The van der Waals surface area contributed by atoms with Crippen LogP contribution in [0.3, 0.4) is 0 Å². The van der Waals surface area contributed by atoms with E-state index in [0.717, 1.165) is 31.1 Å². The molecule has 0 amide bonds. The lowest BCUT2D eigenvalue weighted by atomic mass is 9.87. The molecule has 2 aromatic heterocycles. The zero-order valence-electron chi connectivity index (χ0n) is 15.3. The Balaban J connectivity index is 1.42. The van der Waals surface area contributed by atoms with Gasteiger partial charge in [-0.15, -0.1) is 4.98 Å². The fraction of sp³-hybridized carbons (Fsp3) is 0.529. The largest absolute Gasteiger partial charge is 0.467 e. The minimum Gasteiger partial charge on any atom is -0.467 e. The first-order valence-corrected chi connectivity index (χ1v) is 8.74. The molecule has 0 spiro atoms. The number of ether oxygens (including phenoxy) is 2. The molecule has 0 aliphatic carbocycles. The average Bonchev–Trinajstić information content (AvgIpc) is 2.67. The van der Waals surface area contributed by atoms with Crippen LogP contribution in [0.25, 0.3) is 0 Å². The van der Waals surface area contributed by atoms with Crippen LogP contribution in [0, 0.1) is 0 Å². The van der Waals surface area contributed by atoms with E-state index < -0.39 is 11.9 Å². The highest BCUT2D eigenvalue weighted by Gasteiger charge is 2.46. The zero-order chi connectivity index (χ0) is 19.9. The van der Waals surface area contributed by atoms with Crippen LogP contribution >= 0.6 is 0 Å². The first-order valence-electron chi connectivity index (χ1n) is 8.74. The van der Waals surface area contributed by atoms with Crippen molar-refractivity contribution in [2.75, 3.05) is 32.2 Å². The molecule has 3 fully saturated rings. The lowest BCUT2D eigenvalue weighted by Crippen LogP contribution is -2.69. The monoisotopic (exact) mass is 396 g/mol. The topological polar surface area (TPSA) is 76.5 Å². The van der Waals surface area contributed by atoms with Crippen molar-refractivity contribution in [3.05, 3.63) is 29.6 Å².